The van der Waals surface area contributed by atoms with Crippen LogP contribution in [0, 0.1) is 5.41 Å². The van der Waals surface area contributed by atoms with Crippen LogP contribution in [0.15, 0.2) is 30.4 Å². The largest absolute Gasteiger partial charge is 0.497 e. The third kappa shape index (κ3) is 1.79. The Kier molecular flexibility index (Phi) is 3.77. The number of likely N-dealkylation sites (N-methyl/N-ethyl adjacent to an activating group) is 1. The number of anilines is 1. The lowest BCUT2D eigenvalue weighted by molar-refractivity contribution is -0.213. The molecule has 152 valence electrons. The highest BCUT2D eigenvalue weighted by Gasteiger charge is 2.76. The predicted molar refractivity (Wildman–Crippen MR) is 107 cm³/mol. The summed E-state index contributed by atoms with van der Waals surface area (Å²) >= 11 is 0. The van der Waals surface area contributed by atoms with Crippen LogP contribution in [0.5, 0.6) is 5.75 Å². The molecule has 1 unspecified atom stereocenters. The van der Waals surface area contributed by atoms with Gasteiger partial charge in [0.15, 0.2) is 0 Å². The Labute approximate surface area is 166 Å². The first kappa shape index (κ1) is 18.4. The molecule has 0 bridgehead atoms. The van der Waals surface area contributed by atoms with Gasteiger partial charge in [-0.15, -0.1) is 0 Å². The SMILES string of the molecule is CCC12C=CCN3CC[C@@]4(c5ccc(OC)cc5N(C)[C@H]4[C@](O)(CO)[C@@H]1O)[C@@H]32. The molecule has 1 saturated carbocycles. The molecule has 3 N–H and O–H groups in total. The third-order valence-corrected chi connectivity index (χ3v) is 8.23. The number of aliphatic hydroxyl groups is 3. The molecule has 3 heterocycles. The van der Waals surface area contributed by atoms with Crippen LogP contribution in [0.25, 0.3) is 0 Å². The van der Waals surface area contributed by atoms with Crippen LogP contribution in [0.1, 0.15) is 25.3 Å². The molecule has 0 amide bonds. The molecule has 6 heteroatoms. The molecule has 6 atom stereocenters. The fourth-order valence-electron chi connectivity index (χ4n) is 7.27. The van der Waals surface area contributed by atoms with E-state index in [2.05, 4.69) is 34.9 Å². The summed E-state index contributed by atoms with van der Waals surface area (Å²) in [5, 5.41) is 33.7. The van der Waals surface area contributed by atoms with E-state index >= 15 is 0 Å². The molecule has 3 aliphatic heterocycles. The first-order valence-electron chi connectivity index (χ1n) is 10.2. The first-order valence-corrected chi connectivity index (χ1v) is 10.2. The lowest BCUT2D eigenvalue weighted by Crippen LogP contribution is -2.79. The number of hydrogen-bond acceptors (Lipinski definition) is 6. The van der Waals surface area contributed by atoms with Crippen molar-refractivity contribution in [3.05, 3.63) is 35.9 Å². The zero-order valence-electron chi connectivity index (χ0n) is 16.8. The molecular formula is C22H30N2O4. The number of aliphatic hydroxyl groups excluding tert-OH is 2. The van der Waals surface area contributed by atoms with E-state index in [0.29, 0.717) is 6.42 Å². The normalized spacial score (nSPS) is 43.6. The zero-order chi connectivity index (χ0) is 19.9. The Hall–Kier alpha value is -1.60. The van der Waals surface area contributed by atoms with Crippen LogP contribution in [0.3, 0.4) is 0 Å². The summed E-state index contributed by atoms with van der Waals surface area (Å²) in [6.07, 6.45) is 4.79. The molecule has 6 nitrogen and oxygen atoms in total. The second kappa shape index (κ2) is 5.72. The molecular weight excluding hydrogens is 356 g/mol. The molecule has 2 fully saturated rings. The molecule has 4 aliphatic rings. The summed E-state index contributed by atoms with van der Waals surface area (Å²) in [7, 11) is 3.62. The maximum absolute atomic E-state index is 11.8. The van der Waals surface area contributed by atoms with E-state index < -0.39 is 29.8 Å². The average molecular weight is 386 g/mol. The van der Waals surface area contributed by atoms with Crippen molar-refractivity contribution in [1.29, 1.82) is 0 Å². The van der Waals surface area contributed by atoms with Gasteiger partial charge in [-0.1, -0.05) is 25.1 Å². The number of benzene rings is 1. The molecule has 5 rings (SSSR count). The van der Waals surface area contributed by atoms with Crippen LogP contribution in [-0.4, -0.2) is 77.9 Å². The molecule has 1 spiro atoms. The Morgan fingerprint density at radius 2 is 2.07 bits per heavy atom. The van der Waals surface area contributed by atoms with E-state index in [1.807, 2.05) is 19.2 Å². The summed E-state index contributed by atoms with van der Waals surface area (Å²) in [4.78, 5) is 4.53. The molecule has 1 saturated heterocycles. The highest BCUT2D eigenvalue weighted by atomic mass is 16.5. The van der Waals surface area contributed by atoms with E-state index in [0.717, 1.165) is 30.9 Å². The van der Waals surface area contributed by atoms with Crippen molar-refractivity contribution < 1.29 is 20.1 Å². The van der Waals surface area contributed by atoms with Gasteiger partial charge in [0.05, 0.1) is 25.9 Å². The van der Waals surface area contributed by atoms with E-state index in [1.165, 1.54) is 5.56 Å². The van der Waals surface area contributed by atoms with Gasteiger partial charge in [0.25, 0.3) is 0 Å². The van der Waals surface area contributed by atoms with Gasteiger partial charge in [-0.3, -0.25) is 4.90 Å². The minimum atomic E-state index is -1.62. The van der Waals surface area contributed by atoms with Crippen molar-refractivity contribution in [1.82, 2.24) is 4.90 Å². The Morgan fingerprint density at radius 3 is 2.75 bits per heavy atom. The van der Waals surface area contributed by atoms with E-state index in [4.69, 9.17) is 4.74 Å². The van der Waals surface area contributed by atoms with Crippen LogP contribution < -0.4 is 9.64 Å². The Morgan fingerprint density at radius 1 is 1.29 bits per heavy atom. The molecule has 0 aromatic heterocycles. The minimum Gasteiger partial charge on any atom is -0.497 e. The van der Waals surface area contributed by atoms with E-state index in [9.17, 15) is 15.3 Å². The number of methoxy groups -OCH3 is 1. The van der Waals surface area contributed by atoms with Gasteiger partial charge >= 0.3 is 0 Å². The lowest BCUT2D eigenvalue weighted by Gasteiger charge is -2.63. The summed E-state index contributed by atoms with van der Waals surface area (Å²) in [5.41, 5.74) is -0.351. The van der Waals surface area contributed by atoms with Crippen LogP contribution in [0.2, 0.25) is 0 Å². The van der Waals surface area contributed by atoms with Crippen molar-refractivity contribution in [2.45, 2.75) is 49.0 Å². The number of fused-ring (bicyclic) bond motifs is 1. The van der Waals surface area contributed by atoms with Gasteiger partial charge in [-0.2, -0.15) is 0 Å². The van der Waals surface area contributed by atoms with Crippen molar-refractivity contribution >= 4 is 5.69 Å². The van der Waals surface area contributed by atoms with E-state index in [-0.39, 0.29) is 11.5 Å². The first-order chi connectivity index (χ1) is 13.4. The molecule has 1 aliphatic carbocycles. The maximum atomic E-state index is 11.8. The van der Waals surface area contributed by atoms with Crippen molar-refractivity contribution in [2.24, 2.45) is 5.41 Å². The van der Waals surface area contributed by atoms with Crippen LogP contribution >= 0.6 is 0 Å². The predicted octanol–water partition coefficient (Wildman–Crippen LogP) is 0.890. The second-order valence-corrected chi connectivity index (χ2v) is 9.00. The number of hydrogen-bond donors (Lipinski definition) is 3. The molecule has 1 aromatic carbocycles. The Balaban J connectivity index is 1.83. The van der Waals surface area contributed by atoms with E-state index in [1.54, 1.807) is 7.11 Å². The van der Waals surface area contributed by atoms with Gasteiger partial charge in [0.1, 0.15) is 11.4 Å². The van der Waals surface area contributed by atoms with Gasteiger partial charge in [0, 0.05) is 42.2 Å². The molecule has 0 radical (unpaired) electrons. The summed E-state index contributed by atoms with van der Waals surface area (Å²) in [6, 6.07) is 5.81. The number of rotatable bonds is 3. The average Bonchev–Trinajstić information content (AvgIpc) is 3.23. The van der Waals surface area contributed by atoms with Crippen molar-refractivity contribution in [3.63, 3.8) is 0 Å². The molecule has 28 heavy (non-hydrogen) atoms. The topological polar surface area (TPSA) is 76.4 Å². The van der Waals surface area contributed by atoms with Gasteiger partial charge in [-0.25, -0.2) is 0 Å². The third-order valence-electron chi connectivity index (χ3n) is 8.23. The monoisotopic (exact) mass is 386 g/mol. The summed E-state index contributed by atoms with van der Waals surface area (Å²) in [6.45, 7) is 3.38. The van der Waals surface area contributed by atoms with Gasteiger partial charge in [0.2, 0.25) is 0 Å². The van der Waals surface area contributed by atoms with Crippen LogP contribution in [0.4, 0.5) is 5.69 Å². The highest BCUT2D eigenvalue weighted by Crippen LogP contribution is 2.66. The standard InChI is InChI=1S/C22H30N2O4/c1-4-20-8-5-10-24-11-9-21(17(20)24)15-7-6-14(28-3)12-16(15)23(2)18(21)22(27,13-25)19(20)26/h5-8,12,17-19,25-27H,4,9-11,13H2,1-3H3/t17-,18+,19+,20?,21+,22+/m0/s1. The second-order valence-electron chi connectivity index (χ2n) is 9.00. The highest BCUT2D eigenvalue weighted by molar-refractivity contribution is 5.70. The fourth-order valence-corrected chi connectivity index (χ4v) is 7.27. The molecule has 1 aromatic rings. The van der Waals surface area contributed by atoms with Gasteiger partial charge in [-0.05, 0) is 31.0 Å². The van der Waals surface area contributed by atoms with Gasteiger partial charge < -0.3 is 25.0 Å². The maximum Gasteiger partial charge on any atom is 0.135 e. The van der Waals surface area contributed by atoms with Crippen LogP contribution in [-0.2, 0) is 5.41 Å². The zero-order valence-corrected chi connectivity index (χ0v) is 16.8. The summed E-state index contributed by atoms with van der Waals surface area (Å²) < 4.78 is 5.46. The number of nitrogens with zero attached hydrogens (tertiary/aromatic N) is 2. The summed E-state index contributed by atoms with van der Waals surface area (Å²) in [5.74, 6) is 0.772. The van der Waals surface area contributed by atoms with Crippen molar-refractivity contribution in [2.75, 3.05) is 38.8 Å². The smallest absolute Gasteiger partial charge is 0.135 e. The number of ether oxygens (including phenoxy) is 1. The minimum absolute atomic E-state index is 0.0823. The Bertz CT molecular complexity index is 844. The lowest BCUT2D eigenvalue weighted by atomic mass is 9.48. The van der Waals surface area contributed by atoms with Crippen molar-refractivity contribution in [3.8, 4) is 5.75 Å². The quantitative estimate of drug-likeness (QED) is 0.670. The fraction of sp³-hybridized carbons (Fsp3) is 0.636.